The third kappa shape index (κ3) is 7.69. The van der Waals surface area contributed by atoms with E-state index in [-0.39, 0.29) is 0 Å². The fourth-order valence-corrected chi connectivity index (χ4v) is 8.60. The summed E-state index contributed by atoms with van der Waals surface area (Å²) in [6.45, 7) is 16.7. The maximum Gasteiger partial charge on any atom is 0.145 e. The highest BCUT2D eigenvalue weighted by Gasteiger charge is 2.23. The van der Waals surface area contributed by atoms with E-state index in [0.717, 1.165) is 105 Å². The summed E-state index contributed by atoms with van der Waals surface area (Å²) in [4.78, 5) is 5.26. The first-order chi connectivity index (χ1) is 31.4. The van der Waals surface area contributed by atoms with Gasteiger partial charge in [0, 0.05) is 51.2 Å². The summed E-state index contributed by atoms with van der Waals surface area (Å²) >= 11 is 0. The molecule has 9 rings (SSSR count). The number of furan rings is 2. The predicted octanol–water partition coefficient (Wildman–Crippen LogP) is 15.9. The van der Waals surface area contributed by atoms with E-state index in [4.69, 9.17) is 13.8 Å². The zero-order chi connectivity index (χ0) is 44.2. The van der Waals surface area contributed by atoms with Crippen molar-refractivity contribution in [1.29, 1.82) is 0 Å². The van der Waals surface area contributed by atoms with Crippen molar-refractivity contribution in [1.82, 2.24) is 9.88 Å². The summed E-state index contributed by atoms with van der Waals surface area (Å²) in [6, 6.07) is 46.1. The van der Waals surface area contributed by atoms with Crippen molar-refractivity contribution < 1.29 is 8.83 Å². The Morgan fingerprint density at radius 2 is 1.38 bits per heavy atom. The number of aliphatic imine (C=N–C) groups is 1. The van der Waals surface area contributed by atoms with Gasteiger partial charge >= 0.3 is 0 Å². The van der Waals surface area contributed by atoms with Gasteiger partial charge in [0.1, 0.15) is 28.2 Å². The minimum Gasteiger partial charge on any atom is -0.456 e. The molecule has 0 radical (unpaired) electrons. The van der Waals surface area contributed by atoms with Gasteiger partial charge in [-0.15, -0.1) is 0 Å². The molecule has 6 aromatic carbocycles. The van der Waals surface area contributed by atoms with Crippen LogP contribution in [0.3, 0.4) is 0 Å². The van der Waals surface area contributed by atoms with Gasteiger partial charge in [-0.3, -0.25) is 0 Å². The number of aromatic nitrogens is 1. The van der Waals surface area contributed by atoms with E-state index in [9.17, 15) is 0 Å². The van der Waals surface area contributed by atoms with E-state index in [1.165, 1.54) is 0 Å². The van der Waals surface area contributed by atoms with Gasteiger partial charge in [0.2, 0.25) is 0 Å². The van der Waals surface area contributed by atoms with Crippen LogP contribution in [0, 0.1) is 0 Å². The molecule has 0 atom stereocenters. The van der Waals surface area contributed by atoms with Crippen molar-refractivity contribution in [3.05, 3.63) is 236 Å². The Bertz CT molecular complexity index is 3500. The largest absolute Gasteiger partial charge is 0.456 e. The van der Waals surface area contributed by atoms with E-state index < -0.39 is 0 Å². The molecular formula is C59H49N3O2. The van der Waals surface area contributed by atoms with Crippen molar-refractivity contribution in [2.75, 3.05) is 7.05 Å². The van der Waals surface area contributed by atoms with Crippen molar-refractivity contribution in [2.45, 2.75) is 20.3 Å². The van der Waals surface area contributed by atoms with Crippen molar-refractivity contribution >= 4 is 88.5 Å². The van der Waals surface area contributed by atoms with E-state index in [1.54, 1.807) is 6.08 Å². The van der Waals surface area contributed by atoms with Crippen LogP contribution in [0.4, 0.5) is 0 Å². The highest BCUT2D eigenvalue weighted by Crippen LogP contribution is 2.44. The smallest absolute Gasteiger partial charge is 0.145 e. The highest BCUT2D eigenvalue weighted by atomic mass is 16.3. The number of nitrogens with zero attached hydrogens (tertiary/aromatic N) is 2. The number of hydrogen-bond acceptors (Lipinski definition) is 3. The Morgan fingerprint density at radius 3 is 2.09 bits per heavy atom. The van der Waals surface area contributed by atoms with Gasteiger partial charge in [0.05, 0.1) is 27.8 Å². The maximum atomic E-state index is 6.91. The Morgan fingerprint density at radius 1 is 0.688 bits per heavy atom. The summed E-state index contributed by atoms with van der Waals surface area (Å²) < 4.78 is 15.6. The number of nitrogens with one attached hydrogen (secondary N) is 1. The molecule has 9 aromatic rings. The molecule has 0 aliphatic rings. The summed E-state index contributed by atoms with van der Waals surface area (Å²) in [5.41, 5.74) is 12.9. The second kappa shape index (κ2) is 18.1. The van der Waals surface area contributed by atoms with Gasteiger partial charge in [-0.1, -0.05) is 159 Å². The molecule has 0 saturated carbocycles. The Balaban J connectivity index is 1.28. The van der Waals surface area contributed by atoms with Crippen LogP contribution in [0.2, 0.25) is 0 Å². The normalized spacial score (nSPS) is 13.7. The number of allylic oxidation sites excluding steroid dienone is 12. The maximum absolute atomic E-state index is 6.91. The highest BCUT2D eigenvalue weighted by molar-refractivity contribution is 6.26. The number of para-hydroxylation sites is 2. The van der Waals surface area contributed by atoms with Crippen molar-refractivity contribution in [2.24, 2.45) is 4.99 Å². The first-order valence-corrected chi connectivity index (χ1v) is 21.6. The number of rotatable bonds is 13. The van der Waals surface area contributed by atoms with Crippen LogP contribution >= 0.6 is 0 Å². The summed E-state index contributed by atoms with van der Waals surface area (Å²) in [5, 5.41) is 9.77. The number of likely N-dealkylation sites (N-methyl/N-ethyl adjacent to an activating group) is 1. The lowest BCUT2D eigenvalue weighted by atomic mass is 9.97. The van der Waals surface area contributed by atoms with Gasteiger partial charge in [-0.2, -0.15) is 0 Å². The monoisotopic (exact) mass is 831 g/mol. The van der Waals surface area contributed by atoms with Crippen LogP contribution < -0.4 is 5.32 Å². The summed E-state index contributed by atoms with van der Waals surface area (Å²) in [6.07, 6.45) is 19.1. The molecule has 0 saturated heterocycles. The van der Waals surface area contributed by atoms with E-state index >= 15 is 0 Å². The third-order valence-electron chi connectivity index (χ3n) is 11.7. The molecule has 3 heterocycles. The van der Waals surface area contributed by atoms with Crippen LogP contribution in [0.15, 0.2) is 238 Å². The molecule has 5 heteroatoms. The molecule has 1 N–H and O–H groups in total. The molecule has 312 valence electrons. The lowest BCUT2D eigenvalue weighted by Gasteiger charge is -2.19. The Kier molecular flexibility index (Phi) is 11.6. The predicted molar refractivity (Wildman–Crippen MR) is 274 cm³/mol. The first-order valence-electron chi connectivity index (χ1n) is 21.6. The molecule has 0 bridgehead atoms. The van der Waals surface area contributed by atoms with Crippen molar-refractivity contribution in [3.8, 4) is 0 Å². The van der Waals surface area contributed by atoms with Crippen LogP contribution in [-0.2, 0) is 0 Å². The summed E-state index contributed by atoms with van der Waals surface area (Å²) in [5.74, 6) is 0.639. The van der Waals surface area contributed by atoms with Gasteiger partial charge in [0.15, 0.2) is 0 Å². The lowest BCUT2D eigenvalue weighted by Crippen LogP contribution is -2.20. The molecule has 0 spiro atoms. The minimum atomic E-state index is 0.637. The molecule has 0 aliphatic heterocycles. The van der Waals surface area contributed by atoms with Crippen LogP contribution in [0.1, 0.15) is 31.4 Å². The van der Waals surface area contributed by atoms with Crippen LogP contribution in [0.5, 0.6) is 0 Å². The SMILES string of the molecule is C=C/C=C(\C=C)C/C=C(\N=C(/NC)C(=C)\C=C(/C(=C/C(/C=C\C)=C/C)n1c2ccccc2c2c3oc4cc5oc6ccccc6c5cc4c3ccc21)c1ccccc1)c1ccccc1. The fraction of sp³-hybridized carbons (Fsp3) is 0.0678. The lowest BCUT2D eigenvalue weighted by molar-refractivity contribution is 0.658. The van der Waals surface area contributed by atoms with Gasteiger partial charge in [-0.05, 0) is 85.0 Å². The van der Waals surface area contributed by atoms with Crippen LogP contribution in [-0.4, -0.2) is 17.5 Å². The van der Waals surface area contributed by atoms with Gasteiger partial charge in [-0.25, -0.2) is 4.99 Å². The first kappa shape index (κ1) is 41.2. The van der Waals surface area contributed by atoms with E-state index in [0.29, 0.717) is 17.8 Å². The van der Waals surface area contributed by atoms with Crippen LogP contribution in [0.25, 0.3) is 82.7 Å². The fourth-order valence-electron chi connectivity index (χ4n) is 8.60. The third-order valence-corrected chi connectivity index (χ3v) is 11.7. The van der Waals surface area contributed by atoms with Crippen molar-refractivity contribution in [3.63, 3.8) is 0 Å². The molecule has 3 aromatic heterocycles. The number of fused-ring (bicyclic) bond motifs is 10. The molecular weight excluding hydrogens is 783 g/mol. The molecule has 5 nitrogen and oxygen atoms in total. The van der Waals surface area contributed by atoms with Gasteiger partial charge in [0.25, 0.3) is 0 Å². The average molecular weight is 832 g/mol. The Labute approximate surface area is 373 Å². The number of benzene rings is 6. The average Bonchev–Trinajstić information content (AvgIpc) is 4.00. The molecule has 0 amide bonds. The molecule has 0 fully saturated rings. The standard InChI is InChI=1S/C59H49N3O2/c1-7-21-40(9-3)31-33-50(43-25-15-12-16-26-43)61-59(60-6)39(5)35-47(42-23-13-11-14-24-42)53(36-41(10-4)22-8-2)62-51-29-19-17-28-46(51)57-52(62)34-32-45-49-37-48-44-27-18-20-30-54(44)63-55(48)38-56(49)64-58(45)57/h7-30,32-38H,1,3,5,31H2,2,4,6H3,(H,60,61)/b22-8-,40-21+,41-10+,47-35-,50-33-,53-36-. The molecule has 0 aliphatic carbocycles. The Hall–Kier alpha value is -8.15. The minimum absolute atomic E-state index is 0.637. The number of amidine groups is 1. The zero-order valence-electron chi connectivity index (χ0n) is 36.4. The van der Waals surface area contributed by atoms with Gasteiger partial charge < -0.3 is 18.7 Å². The quantitative estimate of drug-likeness (QED) is 0.0715. The molecule has 64 heavy (non-hydrogen) atoms. The topological polar surface area (TPSA) is 55.6 Å². The molecule has 0 unspecified atom stereocenters. The summed E-state index contributed by atoms with van der Waals surface area (Å²) in [7, 11) is 1.89. The second-order valence-corrected chi connectivity index (χ2v) is 15.6. The van der Waals surface area contributed by atoms with E-state index in [1.807, 2.05) is 68.6 Å². The number of hydrogen-bond donors (Lipinski definition) is 1. The second-order valence-electron chi connectivity index (χ2n) is 15.6. The van der Waals surface area contributed by atoms with E-state index in [2.05, 4.69) is 164 Å². The zero-order valence-corrected chi connectivity index (χ0v) is 36.4.